The number of aromatic nitrogens is 1. The molecule has 4 atom stereocenters. The molecule has 1 fully saturated rings. The Morgan fingerprint density at radius 1 is 0.862 bits per heavy atom. The van der Waals surface area contributed by atoms with Crippen molar-refractivity contribution in [3.63, 3.8) is 0 Å². The van der Waals surface area contributed by atoms with Crippen molar-refractivity contribution >= 4 is 35.3 Å². The number of aldehydes is 1. The molecule has 3 aromatic rings. The molecule has 3 N–H and O–H groups in total. The summed E-state index contributed by atoms with van der Waals surface area (Å²) >= 11 is 1.57. The highest BCUT2D eigenvalue weighted by atomic mass is 32.1. The van der Waals surface area contributed by atoms with Crippen molar-refractivity contribution < 1.29 is 52.7 Å². The fraction of sp³-hybridized carbons (Fsp3) is 0.548. The number of hydrogen-bond donors (Lipinski definition) is 3. The molecule has 4 rings (SSSR count). The zero-order valence-corrected chi connectivity index (χ0v) is 34.9. The average molecular weight is 827 g/mol. The predicted molar refractivity (Wildman–Crippen MR) is 218 cm³/mol. The molecule has 3 amide bonds. The summed E-state index contributed by atoms with van der Waals surface area (Å²) in [6.45, 7) is 12.6. The molecule has 0 bridgehead atoms. The maximum absolute atomic E-state index is 13.9. The van der Waals surface area contributed by atoms with Crippen LogP contribution in [-0.2, 0) is 38.1 Å². The lowest BCUT2D eigenvalue weighted by molar-refractivity contribution is -0.144. The molecular formula is C42H58N4O11S. The summed E-state index contributed by atoms with van der Waals surface area (Å²) in [6.07, 6.45) is 0.00102. The van der Waals surface area contributed by atoms with E-state index in [2.05, 4.69) is 15.6 Å². The van der Waals surface area contributed by atoms with E-state index in [4.69, 9.17) is 28.4 Å². The van der Waals surface area contributed by atoms with Gasteiger partial charge in [-0.25, -0.2) is 4.98 Å². The number of aliphatic hydroxyl groups excluding tert-OH is 1. The number of aryl methyl sites for hydroxylation is 1. The van der Waals surface area contributed by atoms with Crippen LogP contribution in [0.25, 0.3) is 10.4 Å². The van der Waals surface area contributed by atoms with Gasteiger partial charge in [-0.05, 0) is 54.7 Å². The van der Waals surface area contributed by atoms with Gasteiger partial charge in [0.1, 0.15) is 37.3 Å². The van der Waals surface area contributed by atoms with Gasteiger partial charge in [0.2, 0.25) is 17.7 Å². The molecule has 4 unspecified atom stereocenters. The van der Waals surface area contributed by atoms with E-state index in [1.807, 2.05) is 64.4 Å². The molecule has 1 aliphatic rings. The van der Waals surface area contributed by atoms with Gasteiger partial charge >= 0.3 is 0 Å². The molecule has 58 heavy (non-hydrogen) atoms. The molecule has 0 aliphatic carbocycles. The van der Waals surface area contributed by atoms with Gasteiger partial charge in [-0.15, -0.1) is 11.3 Å². The van der Waals surface area contributed by atoms with Crippen LogP contribution >= 0.6 is 11.3 Å². The van der Waals surface area contributed by atoms with Crippen molar-refractivity contribution in [3.05, 3.63) is 70.9 Å². The fourth-order valence-electron chi connectivity index (χ4n) is 6.12. The first kappa shape index (κ1) is 46.4. The summed E-state index contributed by atoms with van der Waals surface area (Å²) < 4.78 is 33.0. The number of benzene rings is 2. The molecular weight excluding hydrogens is 769 g/mol. The van der Waals surface area contributed by atoms with Gasteiger partial charge in [-0.2, -0.15) is 0 Å². The van der Waals surface area contributed by atoms with E-state index in [0.29, 0.717) is 64.2 Å². The topological polar surface area (TPSA) is 184 Å². The number of nitrogens with zero attached hydrogens (tertiary/aromatic N) is 2. The quantitative estimate of drug-likeness (QED) is 0.0832. The van der Waals surface area contributed by atoms with Crippen LogP contribution in [0.1, 0.15) is 61.8 Å². The van der Waals surface area contributed by atoms with Gasteiger partial charge < -0.3 is 49.1 Å². The molecule has 2 aromatic carbocycles. The molecule has 2 heterocycles. The van der Waals surface area contributed by atoms with Crippen molar-refractivity contribution in [2.75, 3.05) is 79.2 Å². The highest BCUT2D eigenvalue weighted by Crippen LogP contribution is 2.29. The number of rotatable bonds is 25. The van der Waals surface area contributed by atoms with Crippen LogP contribution in [0.4, 0.5) is 0 Å². The van der Waals surface area contributed by atoms with E-state index >= 15 is 0 Å². The lowest BCUT2D eigenvalue weighted by Gasteiger charge is -2.35. The molecule has 0 radical (unpaired) electrons. The molecule has 1 aliphatic heterocycles. The number of hydrogen-bond acceptors (Lipinski definition) is 13. The summed E-state index contributed by atoms with van der Waals surface area (Å²) in [5, 5.41) is 16.3. The summed E-state index contributed by atoms with van der Waals surface area (Å²) in [4.78, 5) is 57.8. The number of thiazole rings is 1. The highest BCUT2D eigenvalue weighted by Gasteiger charge is 2.44. The summed E-state index contributed by atoms with van der Waals surface area (Å²) in [6, 6.07) is 12.6. The number of amides is 3. The van der Waals surface area contributed by atoms with E-state index in [0.717, 1.165) is 28.0 Å². The number of likely N-dealkylation sites (tertiary alicyclic amines) is 1. The first-order valence-electron chi connectivity index (χ1n) is 19.5. The monoisotopic (exact) mass is 826 g/mol. The lowest BCUT2D eigenvalue weighted by atomic mass is 9.85. The van der Waals surface area contributed by atoms with E-state index in [9.17, 15) is 24.3 Å². The number of carbonyl (C=O) groups is 4. The third kappa shape index (κ3) is 15.1. The highest BCUT2D eigenvalue weighted by molar-refractivity contribution is 7.13. The summed E-state index contributed by atoms with van der Waals surface area (Å²) in [7, 11) is 0. The number of aliphatic hydroxyl groups is 1. The van der Waals surface area contributed by atoms with Crippen LogP contribution in [0, 0.1) is 12.3 Å². The van der Waals surface area contributed by atoms with Gasteiger partial charge in [-0.3, -0.25) is 19.2 Å². The Bertz CT molecular complexity index is 1710. The van der Waals surface area contributed by atoms with Gasteiger partial charge in [0.25, 0.3) is 0 Å². The number of nitrogens with one attached hydrogen (secondary N) is 2. The van der Waals surface area contributed by atoms with Gasteiger partial charge in [0.15, 0.2) is 0 Å². The number of ether oxygens (including phenoxy) is 6. The Morgan fingerprint density at radius 2 is 1.43 bits per heavy atom. The maximum atomic E-state index is 13.9. The Hall–Kier alpha value is -4.29. The Balaban J connectivity index is 1.06. The average Bonchev–Trinajstić information content (AvgIpc) is 3.82. The van der Waals surface area contributed by atoms with Gasteiger partial charge in [0.05, 0.1) is 87.7 Å². The number of β-amino-alcohol motifs (C(OH)–C–C–N with tert-alkyl or cyclic N) is 1. The first-order valence-corrected chi connectivity index (χ1v) is 20.4. The Labute approximate surface area is 344 Å². The van der Waals surface area contributed by atoms with Crippen molar-refractivity contribution in [1.82, 2.24) is 20.5 Å². The summed E-state index contributed by atoms with van der Waals surface area (Å²) in [5.74, 6) is -0.627. The normalized spacial score (nSPS) is 16.5. The van der Waals surface area contributed by atoms with Crippen molar-refractivity contribution in [1.29, 1.82) is 0 Å². The zero-order chi connectivity index (χ0) is 41.9. The van der Waals surface area contributed by atoms with Crippen LogP contribution < -0.4 is 15.4 Å². The minimum atomic E-state index is -0.964. The minimum absolute atomic E-state index is 0.0183. The second-order valence-electron chi connectivity index (χ2n) is 14.9. The molecule has 1 aromatic heterocycles. The van der Waals surface area contributed by atoms with Crippen LogP contribution in [0.3, 0.4) is 0 Å². The van der Waals surface area contributed by atoms with Crippen LogP contribution in [0.2, 0.25) is 0 Å². The first-order chi connectivity index (χ1) is 27.9. The molecule has 0 saturated carbocycles. The maximum Gasteiger partial charge on any atom is 0.246 e. The van der Waals surface area contributed by atoms with Crippen molar-refractivity contribution in [2.45, 2.75) is 65.3 Å². The van der Waals surface area contributed by atoms with Crippen LogP contribution in [0.5, 0.6) is 5.75 Å². The number of carbonyl (C=O) groups excluding carboxylic acids is 4. The van der Waals surface area contributed by atoms with Crippen LogP contribution in [-0.4, -0.2) is 136 Å². The van der Waals surface area contributed by atoms with Gasteiger partial charge in [0, 0.05) is 18.5 Å². The second kappa shape index (κ2) is 24.0. The predicted octanol–water partition coefficient (Wildman–Crippen LogP) is 3.76. The fourth-order valence-corrected chi connectivity index (χ4v) is 6.94. The van der Waals surface area contributed by atoms with E-state index in [1.165, 1.54) is 4.90 Å². The molecule has 15 nitrogen and oxygen atoms in total. The second-order valence-corrected chi connectivity index (χ2v) is 15.8. The standard InChI is InChI=1S/C42H58N4O11S/c1-29(32-8-10-33(11-9-32)38-30(2)43-28-58-38)44-40(50)36-24-34(48)25-46(36)41(51)39(42(3,4)5)45-37(49)27-56-21-20-54-17-16-52-14-15-53-18-19-55-22-23-57-35-12-6-31(26-47)7-13-35/h6-13,26,28-29,34,36,39,48H,14-25,27H2,1-5H3,(H,44,50)(H,45,49). The van der Waals surface area contributed by atoms with Crippen LogP contribution in [0.15, 0.2) is 54.0 Å². The molecule has 318 valence electrons. The SMILES string of the molecule is Cc1ncsc1-c1ccc(C(C)NC(=O)C2CC(O)CN2C(=O)C(NC(=O)COCCOCCOCCOCCOCCOc2ccc(C=O)cc2)C(C)(C)C)cc1. The van der Waals surface area contributed by atoms with E-state index in [1.54, 1.807) is 35.6 Å². The van der Waals surface area contributed by atoms with E-state index in [-0.39, 0.29) is 44.7 Å². The Morgan fingerprint density at radius 3 is 1.97 bits per heavy atom. The van der Waals surface area contributed by atoms with E-state index < -0.39 is 35.4 Å². The molecule has 1 saturated heterocycles. The van der Waals surface area contributed by atoms with Crippen molar-refractivity contribution in [3.8, 4) is 16.2 Å². The summed E-state index contributed by atoms with van der Waals surface area (Å²) in [5.41, 5.74) is 4.62. The lowest BCUT2D eigenvalue weighted by Crippen LogP contribution is -2.58. The largest absolute Gasteiger partial charge is 0.491 e. The smallest absolute Gasteiger partial charge is 0.246 e. The molecule has 0 spiro atoms. The van der Waals surface area contributed by atoms with Crippen molar-refractivity contribution in [2.24, 2.45) is 5.41 Å². The molecule has 16 heteroatoms. The minimum Gasteiger partial charge on any atom is -0.491 e. The third-order valence-electron chi connectivity index (χ3n) is 9.29. The third-order valence-corrected chi connectivity index (χ3v) is 10.3. The zero-order valence-electron chi connectivity index (χ0n) is 34.1. The van der Waals surface area contributed by atoms with Gasteiger partial charge in [-0.1, -0.05) is 45.0 Å². The Kier molecular flexibility index (Phi) is 19.2.